The number of carboxylic acids is 1. The molecule has 0 fully saturated rings. The van der Waals surface area contributed by atoms with Gasteiger partial charge in [0.05, 0.1) is 40.3 Å². The Kier molecular flexibility index (Phi) is 48.4. The molecule has 0 aromatic heterocycles. The number of hydrogen-bond acceptors (Lipinski definition) is 8. The molecule has 0 heterocycles. The molecule has 0 rings (SSSR count). The Bertz CT molecular complexity index is 1620. The Balaban J connectivity index is 4.46. The summed E-state index contributed by atoms with van der Waals surface area (Å²) in [6, 6.07) is 0. The third kappa shape index (κ3) is 53.1. The molecule has 0 radical (unpaired) electrons. The highest BCUT2D eigenvalue weighted by molar-refractivity contribution is 5.70. The average Bonchev–Trinajstić information content (AvgIpc) is 3.34. The summed E-state index contributed by atoms with van der Waals surface area (Å²) < 4.78 is 22.6. The van der Waals surface area contributed by atoms with E-state index in [1.54, 1.807) is 0 Å². The standard InChI is InChI=1S/C62H99NO8/c1-6-8-10-12-14-16-18-20-22-24-25-26-27-28-29-30-31-32-33-34-35-37-39-41-43-45-47-49-51-53-60(65)71-58(57-70-62(61(66)67)68-55-54-63(3,4)5)56-69-59(64)52-50-48-46-44-42-40-38-36-23-21-19-17-15-13-11-9-7-2/h8,10,14-17,20-23,25-26,28-29,31-32,34-35,39,41,45,47,58,62H,6-7,9,11-13,18-19,24,27,30,33,36-38,40,42-44,46,48-57H2,1-5H3/b10-8-,16-14-,17-15-,22-20-,23-21-,26-25-,29-28-,32-31-,35-34-,41-39-,47-45-. The van der Waals surface area contributed by atoms with E-state index in [0.29, 0.717) is 30.3 Å². The molecule has 0 bridgehead atoms. The molecule has 0 aliphatic heterocycles. The van der Waals surface area contributed by atoms with Crippen LogP contribution in [0.3, 0.4) is 0 Å². The van der Waals surface area contributed by atoms with Crippen molar-refractivity contribution in [2.45, 2.75) is 193 Å². The number of unbranched alkanes of at least 4 members (excludes halogenated alkanes) is 11. The molecule has 0 spiro atoms. The van der Waals surface area contributed by atoms with Crippen LogP contribution in [0.15, 0.2) is 134 Å². The highest BCUT2D eigenvalue weighted by atomic mass is 16.7. The van der Waals surface area contributed by atoms with Crippen LogP contribution in [0.5, 0.6) is 0 Å². The summed E-state index contributed by atoms with van der Waals surface area (Å²) in [5, 5.41) is 11.8. The zero-order valence-corrected chi connectivity index (χ0v) is 45.3. The van der Waals surface area contributed by atoms with Gasteiger partial charge in [-0.3, -0.25) is 9.59 Å². The first-order valence-electron chi connectivity index (χ1n) is 27.3. The number of aliphatic carboxylic acids is 1. The van der Waals surface area contributed by atoms with Crippen molar-refractivity contribution in [1.82, 2.24) is 0 Å². The molecule has 2 unspecified atom stereocenters. The van der Waals surface area contributed by atoms with E-state index in [4.69, 9.17) is 18.9 Å². The van der Waals surface area contributed by atoms with Crippen molar-refractivity contribution in [3.63, 3.8) is 0 Å². The van der Waals surface area contributed by atoms with Crippen LogP contribution in [0.25, 0.3) is 0 Å². The number of quaternary nitrogens is 1. The maximum atomic E-state index is 12.8. The number of carboxylic acid groups (broad SMARTS) is 1. The highest BCUT2D eigenvalue weighted by Crippen LogP contribution is 2.12. The van der Waals surface area contributed by atoms with Crippen molar-refractivity contribution >= 4 is 17.9 Å². The van der Waals surface area contributed by atoms with Crippen LogP contribution in [-0.4, -0.2) is 82.3 Å². The van der Waals surface area contributed by atoms with Gasteiger partial charge < -0.3 is 33.3 Å². The van der Waals surface area contributed by atoms with Gasteiger partial charge in [-0.1, -0.05) is 192 Å². The summed E-state index contributed by atoms with van der Waals surface area (Å²) in [5.74, 6) is -2.40. The van der Waals surface area contributed by atoms with Gasteiger partial charge in [0.25, 0.3) is 0 Å². The lowest BCUT2D eigenvalue weighted by Gasteiger charge is -2.26. The molecule has 0 aliphatic carbocycles. The molecule has 9 nitrogen and oxygen atoms in total. The van der Waals surface area contributed by atoms with Crippen molar-refractivity contribution in [1.29, 1.82) is 0 Å². The predicted octanol–water partition coefficient (Wildman–Crippen LogP) is 14.6. The largest absolute Gasteiger partial charge is 0.545 e. The van der Waals surface area contributed by atoms with E-state index in [1.165, 1.54) is 44.9 Å². The minimum absolute atomic E-state index is 0.127. The molecule has 2 atom stereocenters. The van der Waals surface area contributed by atoms with Gasteiger partial charge in [0.1, 0.15) is 13.2 Å². The Morgan fingerprint density at radius 2 is 0.817 bits per heavy atom. The predicted molar refractivity (Wildman–Crippen MR) is 296 cm³/mol. The second-order valence-electron chi connectivity index (χ2n) is 18.8. The second-order valence-corrected chi connectivity index (χ2v) is 18.8. The van der Waals surface area contributed by atoms with Crippen LogP contribution >= 0.6 is 0 Å². The summed E-state index contributed by atoms with van der Waals surface area (Å²) >= 11 is 0. The van der Waals surface area contributed by atoms with Gasteiger partial charge in [0.15, 0.2) is 12.4 Å². The van der Waals surface area contributed by atoms with E-state index in [1.807, 2.05) is 27.2 Å². The fourth-order valence-electron chi connectivity index (χ4n) is 6.68. The number of esters is 2. The maximum absolute atomic E-state index is 12.8. The monoisotopic (exact) mass is 986 g/mol. The molecule has 0 saturated carbocycles. The molecule has 0 aromatic rings. The Labute approximate surface area is 433 Å². The third-order valence-electron chi connectivity index (χ3n) is 10.9. The smallest absolute Gasteiger partial charge is 0.306 e. The second kappa shape index (κ2) is 51.8. The molecule has 71 heavy (non-hydrogen) atoms. The van der Waals surface area contributed by atoms with Crippen LogP contribution in [0.4, 0.5) is 0 Å². The molecule has 0 aromatic carbocycles. The van der Waals surface area contributed by atoms with Crippen molar-refractivity contribution < 1.29 is 42.9 Å². The molecule has 0 saturated heterocycles. The summed E-state index contributed by atoms with van der Waals surface area (Å²) in [5.41, 5.74) is 0. The molecule has 0 amide bonds. The zero-order chi connectivity index (χ0) is 52.0. The molecule has 400 valence electrons. The van der Waals surface area contributed by atoms with Crippen molar-refractivity contribution in [3.05, 3.63) is 134 Å². The van der Waals surface area contributed by atoms with Crippen LogP contribution < -0.4 is 5.11 Å². The number of allylic oxidation sites excluding steroid dienone is 22. The van der Waals surface area contributed by atoms with Gasteiger partial charge in [-0.15, -0.1) is 0 Å². The normalized spacial score (nSPS) is 13.9. The van der Waals surface area contributed by atoms with Crippen LogP contribution in [0.1, 0.15) is 181 Å². The lowest BCUT2D eigenvalue weighted by atomic mass is 10.1. The SMILES string of the molecule is CC/C=C\C/C=C\C/C=C\C/C=C\C/C=C\C/C=C\C/C=C\C/C=C\C/C=C\CCCC(=O)OC(COC(=O)CCCCCCCCC/C=C\C/C=C\CCCCC)COC(OCC[N+](C)(C)C)C(=O)[O-]. The summed E-state index contributed by atoms with van der Waals surface area (Å²) in [7, 11) is 5.88. The lowest BCUT2D eigenvalue weighted by Crippen LogP contribution is -2.44. The van der Waals surface area contributed by atoms with Gasteiger partial charge >= 0.3 is 11.9 Å². The fraction of sp³-hybridized carbons (Fsp3) is 0.597. The topological polar surface area (TPSA) is 111 Å². The number of likely N-dealkylation sites (N-methyl/N-ethyl adjacent to an activating group) is 1. The third-order valence-corrected chi connectivity index (χ3v) is 10.9. The molecule has 0 N–H and O–H groups in total. The molecular formula is C62H99NO8. The lowest BCUT2D eigenvalue weighted by molar-refractivity contribution is -0.870. The average molecular weight is 986 g/mol. The Morgan fingerprint density at radius 3 is 1.24 bits per heavy atom. The zero-order valence-electron chi connectivity index (χ0n) is 45.3. The first-order valence-corrected chi connectivity index (χ1v) is 27.3. The van der Waals surface area contributed by atoms with E-state index in [0.717, 1.165) is 89.9 Å². The number of hydrogen-bond donors (Lipinski definition) is 0. The summed E-state index contributed by atoms with van der Waals surface area (Å²) in [4.78, 5) is 37.2. The maximum Gasteiger partial charge on any atom is 0.306 e. The van der Waals surface area contributed by atoms with Crippen LogP contribution in [-0.2, 0) is 33.3 Å². The van der Waals surface area contributed by atoms with Crippen molar-refractivity contribution in [2.24, 2.45) is 0 Å². The minimum atomic E-state index is -1.65. The number of nitrogens with zero attached hydrogens (tertiary/aromatic N) is 1. The summed E-state index contributed by atoms with van der Waals surface area (Å²) in [6.45, 7) is 4.50. The van der Waals surface area contributed by atoms with Crippen molar-refractivity contribution in [2.75, 3.05) is 47.5 Å². The van der Waals surface area contributed by atoms with E-state index in [9.17, 15) is 19.5 Å². The van der Waals surface area contributed by atoms with Gasteiger partial charge in [-0.05, 0) is 109 Å². The number of carbonyl (C=O) groups is 3. The first-order chi connectivity index (χ1) is 34.6. The van der Waals surface area contributed by atoms with Crippen LogP contribution in [0, 0.1) is 0 Å². The van der Waals surface area contributed by atoms with Gasteiger partial charge in [0.2, 0.25) is 0 Å². The van der Waals surface area contributed by atoms with Crippen LogP contribution in [0.2, 0.25) is 0 Å². The summed E-state index contributed by atoms with van der Waals surface area (Å²) in [6.07, 6.45) is 70.7. The number of carbonyl (C=O) groups excluding carboxylic acids is 3. The first kappa shape index (κ1) is 66.4. The number of rotatable bonds is 48. The molecule has 9 heteroatoms. The van der Waals surface area contributed by atoms with E-state index >= 15 is 0 Å². The van der Waals surface area contributed by atoms with Gasteiger partial charge in [-0.25, -0.2) is 0 Å². The minimum Gasteiger partial charge on any atom is -0.545 e. The van der Waals surface area contributed by atoms with Gasteiger partial charge in [0, 0.05) is 12.8 Å². The Hall–Kier alpha value is -4.57. The van der Waals surface area contributed by atoms with E-state index in [2.05, 4.69) is 141 Å². The molecular weight excluding hydrogens is 887 g/mol. The molecule has 0 aliphatic rings. The number of ether oxygens (including phenoxy) is 4. The Morgan fingerprint density at radius 1 is 0.437 bits per heavy atom. The quantitative estimate of drug-likeness (QED) is 0.0195. The van der Waals surface area contributed by atoms with Gasteiger partial charge in [-0.2, -0.15) is 0 Å². The fourth-order valence-corrected chi connectivity index (χ4v) is 6.68. The van der Waals surface area contributed by atoms with E-state index < -0.39 is 24.3 Å². The van der Waals surface area contributed by atoms with Crippen molar-refractivity contribution in [3.8, 4) is 0 Å². The van der Waals surface area contributed by atoms with E-state index in [-0.39, 0.29) is 38.6 Å². The highest BCUT2D eigenvalue weighted by Gasteiger charge is 2.21.